The Bertz CT molecular complexity index is 967. The lowest BCUT2D eigenvalue weighted by molar-refractivity contribution is -0.263. The number of allylic oxidation sites excluding steroid dienone is 1. The van der Waals surface area contributed by atoms with Gasteiger partial charge in [0.05, 0.1) is 0 Å². The SMILES string of the molecule is C[C@]12CCC(=O)C=C1CC[C@@H]1[C@H]2[C@H](OC(=O)C(F)(F)F)C[C@@]2(C)[C@@H]1CC[C@@]21OCO[C@]12COCO2. The van der Waals surface area contributed by atoms with Gasteiger partial charge in [0.25, 0.3) is 0 Å². The maximum absolute atomic E-state index is 13.4. The Labute approximate surface area is 201 Å². The molecule has 10 heteroatoms. The number of halogens is 3. The molecule has 5 fully saturated rings. The van der Waals surface area contributed by atoms with Crippen molar-refractivity contribution in [2.45, 2.75) is 82.5 Å². The molecule has 0 aromatic carbocycles. The second kappa shape index (κ2) is 7.52. The number of carbonyl (C=O) groups excluding carboxylic acids is 2. The molecular weight excluding hydrogens is 469 g/mol. The van der Waals surface area contributed by atoms with Crippen LogP contribution in [0.3, 0.4) is 0 Å². The molecule has 0 aromatic heterocycles. The van der Waals surface area contributed by atoms with E-state index < -0.39 is 40.5 Å². The summed E-state index contributed by atoms with van der Waals surface area (Å²) in [5, 5.41) is 0. The highest BCUT2D eigenvalue weighted by molar-refractivity contribution is 5.91. The monoisotopic (exact) mass is 500 g/mol. The zero-order valence-electron chi connectivity index (χ0n) is 19.9. The Kier molecular flexibility index (Phi) is 5.13. The fourth-order valence-electron chi connectivity index (χ4n) is 8.94. The van der Waals surface area contributed by atoms with Crippen molar-refractivity contribution in [3.8, 4) is 0 Å². The molecule has 8 atom stereocenters. The Balaban J connectivity index is 1.44. The van der Waals surface area contributed by atoms with Crippen LogP contribution in [0, 0.1) is 28.6 Å². The van der Waals surface area contributed by atoms with Crippen LogP contribution >= 0.6 is 0 Å². The maximum atomic E-state index is 13.4. The van der Waals surface area contributed by atoms with Crippen molar-refractivity contribution >= 4 is 11.8 Å². The van der Waals surface area contributed by atoms with Crippen molar-refractivity contribution in [1.82, 2.24) is 0 Å². The summed E-state index contributed by atoms with van der Waals surface area (Å²) in [6.45, 7) is 4.33. The van der Waals surface area contributed by atoms with Gasteiger partial charge >= 0.3 is 12.1 Å². The number of ketones is 1. The highest BCUT2D eigenvalue weighted by Gasteiger charge is 2.77. The molecule has 2 heterocycles. The highest BCUT2D eigenvalue weighted by Crippen LogP contribution is 2.72. The molecule has 6 aliphatic rings. The molecule has 194 valence electrons. The van der Waals surface area contributed by atoms with E-state index in [1.807, 2.05) is 13.8 Å². The van der Waals surface area contributed by atoms with E-state index in [1.165, 1.54) is 0 Å². The zero-order chi connectivity index (χ0) is 24.9. The first kappa shape index (κ1) is 23.9. The lowest BCUT2D eigenvalue weighted by Gasteiger charge is -2.62. The van der Waals surface area contributed by atoms with Gasteiger partial charge in [0, 0.05) is 17.8 Å². The molecule has 0 radical (unpaired) electrons. The summed E-state index contributed by atoms with van der Waals surface area (Å²) in [5.41, 5.74) is -1.09. The Morgan fingerprint density at radius 1 is 1.09 bits per heavy atom. The number of fused-ring (bicyclic) bond motifs is 7. The van der Waals surface area contributed by atoms with Gasteiger partial charge in [-0.1, -0.05) is 19.4 Å². The van der Waals surface area contributed by atoms with Crippen LogP contribution in [0.5, 0.6) is 0 Å². The molecule has 2 spiro atoms. The molecule has 2 saturated heterocycles. The minimum Gasteiger partial charge on any atom is -0.455 e. The molecule has 6 rings (SSSR count). The van der Waals surface area contributed by atoms with Gasteiger partial charge in [0.2, 0.25) is 5.79 Å². The minimum absolute atomic E-state index is 0.0121. The van der Waals surface area contributed by atoms with Crippen molar-refractivity contribution in [2.75, 3.05) is 20.2 Å². The molecule has 0 unspecified atom stereocenters. The first-order valence-electron chi connectivity index (χ1n) is 12.5. The smallest absolute Gasteiger partial charge is 0.455 e. The van der Waals surface area contributed by atoms with Gasteiger partial charge < -0.3 is 23.7 Å². The number of esters is 1. The second-order valence-corrected chi connectivity index (χ2v) is 11.6. The van der Waals surface area contributed by atoms with Crippen LogP contribution in [0.1, 0.15) is 58.8 Å². The van der Waals surface area contributed by atoms with E-state index >= 15 is 0 Å². The van der Waals surface area contributed by atoms with Gasteiger partial charge in [0.1, 0.15) is 18.3 Å². The average Bonchev–Trinajstić information content (AvgIpc) is 3.48. The first-order valence-corrected chi connectivity index (χ1v) is 12.5. The summed E-state index contributed by atoms with van der Waals surface area (Å²) >= 11 is 0. The number of carbonyl (C=O) groups is 2. The summed E-state index contributed by atoms with van der Waals surface area (Å²) < 4.78 is 69.3. The third-order valence-electron chi connectivity index (χ3n) is 10.4. The van der Waals surface area contributed by atoms with E-state index in [9.17, 15) is 22.8 Å². The van der Waals surface area contributed by atoms with E-state index in [0.29, 0.717) is 25.7 Å². The molecule has 2 aliphatic heterocycles. The average molecular weight is 501 g/mol. The number of hydrogen-bond acceptors (Lipinski definition) is 7. The molecular formula is C25H31F3O7. The summed E-state index contributed by atoms with van der Waals surface area (Å²) in [6, 6.07) is 0. The van der Waals surface area contributed by atoms with Crippen LogP contribution < -0.4 is 0 Å². The number of alkyl halides is 3. The summed E-state index contributed by atoms with van der Waals surface area (Å²) in [7, 11) is 0. The number of ether oxygens (including phenoxy) is 5. The van der Waals surface area contributed by atoms with E-state index in [1.54, 1.807) is 6.08 Å². The number of hydrogen-bond donors (Lipinski definition) is 0. The van der Waals surface area contributed by atoms with Gasteiger partial charge in [-0.2, -0.15) is 13.2 Å². The van der Waals surface area contributed by atoms with E-state index in [4.69, 9.17) is 23.7 Å². The molecule has 4 aliphatic carbocycles. The Morgan fingerprint density at radius 3 is 2.57 bits per heavy atom. The Morgan fingerprint density at radius 2 is 1.86 bits per heavy atom. The standard InChI is InChI=1S/C25H31F3O7/c1-21-7-5-15(29)9-14(21)3-4-16-17-6-8-23(24(34-13-32-23)11-31-12-33-24)22(17,2)10-18(19(16)21)35-20(30)25(26,27)28/h9,16-19H,3-8,10-13H2,1-2H3/t16-,17+,18+,19-,21-,22-,23+,24+/m0/s1. The van der Waals surface area contributed by atoms with E-state index in [0.717, 1.165) is 18.4 Å². The first-order chi connectivity index (χ1) is 16.5. The molecule has 0 amide bonds. The van der Waals surface area contributed by atoms with Crippen LogP contribution in [-0.4, -0.2) is 55.6 Å². The van der Waals surface area contributed by atoms with Gasteiger partial charge in [-0.3, -0.25) is 4.79 Å². The fourth-order valence-corrected chi connectivity index (χ4v) is 8.94. The van der Waals surface area contributed by atoms with E-state index in [-0.39, 0.29) is 50.2 Å². The topological polar surface area (TPSA) is 80.3 Å². The van der Waals surface area contributed by atoms with Crippen molar-refractivity contribution in [3.05, 3.63) is 11.6 Å². The van der Waals surface area contributed by atoms with Crippen molar-refractivity contribution in [2.24, 2.45) is 28.6 Å². The molecule has 0 N–H and O–H groups in total. The van der Waals surface area contributed by atoms with Crippen LogP contribution in [0.25, 0.3) is 0 Å². The maximum Gasteiger partial charge on any atom is 0.490 e. The van der Waals surface area contributed by atoms with Gasteiger partial charge in [-0.15, -0.1) is 0 Å². The predicted molar refractivity (Wildman–Crippen MR) is 112 cm³/mol. The van der Waals surface area contributed by atoms with Crippen molar-refractivity contribution in [3.63, 3.8) is 0 Å². The van der Waals surface area contributed by atoms with Gasteiger partial charge in [-0.05, 0) is 61.9 Å². The summed E-state index contributed by atoms with van der Waals surface area (Å²) in [4.78, 5) is 24.4. The fraction of sp³-hybridized carbons (Fsp3) is 0.840. The zero-order valence-corrected chi connectivity index (χ0v) is 19.9. The van der Waals surface area contributed by atoms with Gasteiger partial charge in [-0.25, -0.2) is 4.79 Å². The van der Waals surface area contributed by atoms with Crippen LogP contribution in [0.15, 0.2) is 11.6 Å². The van der Waals surface area contributed by atoms with Crippen LogP contribution in [0.4, 0.5) is 13.2 Å². The molecule has 3 saturated carbocycles. The third-order valence-corrected chi connectivity index (χ3v) is 10.4. The molecule has 0 bridgehead atoms. The minimum atomic E-state index is -5.09. The van der Waals surface area contributed by atoms with E-state index in [2.05, 4.69) is 0 Å². The second-order valence-electron chi connectivity index (χ2n) is 11.6. The van der Waals surface area contributed by atoms with Crippen LogP contribution in [-0.2, 0) is 33.3 Å². The predicted octanol–water partition coefficient (Wildman–Crippen LogP) is 4.05. The molecule has 7 nitrogen and oxygen atoms in total. The number of rotatable bonds is 1. The lowest BCUT2D eigenvalue weighted by atomic mass is 9.45. The lowest BCUT2D eigenvalue weighted by Crippen LogP contribution is -2.66. The normalized spacial score (nSPS) is 49.1. The van der Waals surface area contributed by atoms with Crippen molar-refractivity contribution < 1.29 is 46.4 Å². The Hall–Kier alpha value is -1.49. The quantitative estimate of drug-likeness (QED) is 0.503. The van der Waals surface area contributed by atoms with Gasteiger partial charge in [0.15, 0.2) is 19.4 Å². The molecule has 0 aromatic rings. The van der Waals surface area contributed by atoms with Crippen LogP contribution in [0.2, 0.25) is 0 Å². The largest absolute Gasteiger partial charge is 0.490 e. The molecule has 35 heavy (non-hydrogen) atoms. The summed E-state index contributed by atoms with van der Waals surface area (Å²) in [6.07, 6.45) is -0.423. The summed E-state index contributed by atoms with van der Waals surface area (Å²) in [5.74, 6) is -3.42. The third kappa shape index (κ3) is 3.06. The van der Waals surface area contributed by atoms with Crippen molar-refractivity contribution in [1.29, 1.82) is 0 Å². The highest BCUT2D eigenvalue weighted by atomic mass is 19.4.